The van der Waals surface area contributed by atoms with Crippen molar-refractivity contribution < 1.29 is 51.0 Å². The average molecular weight is 311 g/mol. The zero-order chi connectivity index (χ0) is 8.43. The summed E-state index contributed by atoms with van der Waals surface area (Å²) in [5.41, 5.74) is 3.10. The monoisotopic (exact) mass is 309 g/mol. The normalized spacial score (nSPS) is 13.9. The Morgan fingerprint density at radius 2 is 1.57 bits per heavy atom. The van der Waals surface area contributed by atoms with Crippen LogP contribution >= 0.6 is 0 Å². The SMILES string of the molecule is CC(C)C1=C(C(C)C)C[C-]=C1.[Cl-].[Cl-].[Zr+3]. The summed E-state index contributed by atoms with van der Waals surface area (Å²) in [6, 6.07) is 0. The number of hydrogen-bond acceptors (Lipinski definition) is 0. The van der Waals surface area contributed by atoms with E-state index in [1.165, 1.54) is 5.57 Å². The molecule has 1 radical (unpaired) electrons. The van der Waals surface area contributed by atoms with E-state index in [-0.39, 0.29) is 51.0 Å². The van der Waals surface area contributed by atoms with Crippen LogP contribution in [0.25, 0.3) is 0 Å². The standard InChI is InChI=1S/C11H17.2ClH.Zr/c1-8(2)10-6-5-7-11(10)9(3)4;;;/h6,8-9H,7H2,1-4H3;2*1H;/q-1;;;+3/p-2. The van der Waals surface area contributed by atoms with Crippen LogP contribution in [0.2, 0.25) is 0 Å². The van der Waals surface area contributed by atoms with Crippen LogP contribution in [0.15, 0.2) is 17.2 Å². The molecule has 0 spiro atoms. The van der Waals surface area contributed by atoms with Gasteiger partial charge in [-0.1, -0.05) is 33.6 Å². The zero-order valence-corrected chi connectivity index (χ0v) is 13.2. The molecule has 1 aliphatic rings. The second-order valence-electron chi connectivity index (χ2n) is 3.82. The van der Waals surface area contributed by atoms with Gasteiger partial charge in [0, 0.05) is 0 Å². The van der Waals surface area contributed by atoms with Gasteiger partial charge in [0.1, 0.15) is 0 Å². The van der Waals surface area contributed by atoms with Gasteiger partial charge in [0.25, 0.3) is 0 Å². The van der Waals surface area contributed by atoms with Gasteiger partial charge in [0.2, 0.25) is 0 Å². The molecule has 0 heterocycles. The number of allylic oxidation sites excluding steroid dienone is 4. The van der Waals surface area contributed by atoms with Gasteiger partial charge < -0.3 is 24.8 Å². The molecule has 79 valence electrons. The van der Waals surface area contributed by atoms with Crippen LogP contribution < -0.4 is 24.8 Å². The Bertz CT molecular complexity index is 205. The quantitative estimate of drug-likeness (QED) is 0.489. The third-order valence-electron chi connectivity index (χ3n) is 2.24. The Hall–Kier alpha value is 0.943. The van der Waals surface area contributed by atoms with Crippen molar-refractivity contribution in [1.29, 1.82) is 0 Å². The van der Waals surface area contributed by atoms with Crippen LogP contribution in [0, 0.1) is 17.9 Å². The second kappa shape index (κ2) is 9.19. The van der Waals surface area contributed by atoms with Crippen LogP contribution in [0.1, 0.15) is 34.1 Å². The molecule has 0 unspecified atom stereocenters. The van der Waals surface area contributed by atoms with Gasteiger partial charge in [-0.15, -0.1) is 6.42 Å². The van der Waals surface area contributed by atoms with E-state index in [0.29, 0.717) is 11.8 Å². The van der Waals surface area contributed by atoms with E-state index in [1.807, 2.05) is 0 Å². The minimum atomic E-state index is 0. The van der Waals surface area contributed by atoms with Gasteiger partial charge in [0.15, 0.2) is 0 Å². The molecule has 0 bridgehead atoms. The predicted molar refractivity (Wildman–Crippen MR) is 49.1 cm³/mol. The molecule has 1 rings (SSSR count). The second-order valence-corrected chi connectivity index (χ2v) is 3.82. The third kappa shape index (κ3) is 5.14. The first-order valence-electron chi connectivity index (χ1n) is 4.42. The largest absolute Gasteiger partial charge is 3.00 e. The first kappa shape index (κ1) is 20.4. The first-order chi connectivity index (χ1) is 5.13. The molecular weight excluding hydrogens is 294 g/mol. The summed E-state index contributed by atoms with van der Waals surface area (Å²) in [5, 5.41) is 0. The summed E-state index contributed by atoms with van der Waals surface area (Å²) in [6.45, 7) is 9.03. The fraction of sp³-hybridized carbons (Fsp3) is 0.636. The molecular formula is C11H17Cl2Zr. The van der Waals surface area contributed by atoms with E-state index in [4.69, 9.17) is 0 Å². The van der Waals surface area contributed by atoms with Crippen molar-refractivity contribution >= 4 is 0 Å². The van der Waals surface area contributed by atoms with E-state index >= 15 is 0 Å². The van der Waals surface area contributed by atoms with Gasteiger partial charge in [-0.2, -0.15) is 11.1 Å². The molecule has 0 aromatic carbocycles. The van der Waals surface area contributed by atoms with Gasteiger partial charge >= 0.3 is 26.2 Å². The fourth-order valence-corrected chi connectivity index (χ4v) is 1.54. The average Bonchev–Trinajstić information content (AvgIpc) is 2.32. The van der Waals surface area contributed by atoms with Crippen LogP contribution in [0.4, 0.5) is 0 Å². The molecule has 0 aliphatic heterocycles. The zero-order valence-electron chi connectivity index (χ0n) is 9.20. The third-order valence-corrected chi connectivity index (χ3v) is 2.24. The molecule has 0 nitrogen and oxygen atoms in total. The molecule has 0 N–H and O–H groups in total. The molecule has 0 aromatic rings. The molecule has 3 heteroatoms. The van der Waals surface area contributed by atoms with Crippen LogP contribution in [-0.2, 0) is 26.2 Å². The van der Waals surface area contributed by atoms with Gasteiger partial charge in [-0.3, -0.25) is 6.08 Å². The van der Waals surface area contributed by atoms with Gasteiger partial charge in [0.05, 0.1) is 0 Å². The van der Waals surface area contributed by atoms with Crippen molar-refractivity contribution in [2.45, 2.75) is 34.1 Å². The summed E-state index contributed by atoms with van der Waals surface area (Å²) in [7, 11) is 0. The Morgan fingerprint density at radius 1 is 1.07 bits per heavy atom. The fourth-order valence-electron chi connectivity index (χ4n) is 1.54. The van der Waals surface area contributed by atoms with Crippen LogP contribution in [-0.4, -0.2) is 0 Å². The van der Waals surface area contributed by atoms with E-state index in [9.17, 15) is 0 Å². The van der Waals surface area contributed by atoms with E-state index in [2.05, 4.69) is 39.8 Å². The minimum absolute atomic E-state index is 0. The molecule has 0 saturated carbocycles. The Morgan fingerprint density at radius 3 is 1.86 bits per heavy atom. The predicted octanol–water partition coefficient (Wildman–Crippen LogP) is -2.64. The summed E-state index contributed by atoms with van der Waals surface area (Å²) in [4.78, 5) is 0. The Kier molecular flexibility index (Phi) is 13.4. The topological polar surface area (TPSA) is 0 Å². The van der Waals surface area contributed by atoms with Crippen molar-refractivity contribution in [1.82, 2.24) is 0 Å². The summed E-state index contributed by atoms with van der Waals surface area (Å²) in [6.07, 6.45) is 6.51. The molecule has 0 fully saturated rings. The van der Waals surface area contributed by atoms with E-state index in [0.717, 1.165) is 6.42 Å². The van der Waals surface area contributed by atoms with Crippen molar-refractivity contribution in [3.05, 3.63) is 23.3 Å². The van der Waals surface area contributed by atoms with Gasteiger partial charge in [-0.05, 0) is 5.92 Å². The van der Waals surface area contributed by atoms with Crippen molar-refractivity contribution in [3.63, 3.8) is 0 Å². The maximum absolute atomic E-state index is 3.29. The van der Waals surface area contributed by atoms with Crippen LogP contribution in [0.5, 0.6) is 0 Å². The Labute approximate surface area is 120 Å². The molecule has 0 amide bonds. The van der Waals surface area contributed by atoms with Gasteiger partial charge in [-0.25, -0.2) is 6.08 Å². The molecule has 0 atom stereocenters. The number of hydrogen-bond donors (Lipinski definition) is 0. The maximum atomic E-state index is 3.29. The maximum Gasteiger partial charge on any atom is 3.00 e. The smallest absolute Gasteiger partial charge is 1.00 e. The Balaban J connectivity index is -0.000000403. The van der Waals surface area contributed by atoms with Crippen molar-refractivity contribution in [2.75, 3.05) is 0 Å². The summed E-state index contributed by atoms with van der Waals surface area (Å²) < 4.78 is 0. The van der Waals surface area contributed by atoms with E-state index in [1.54, 1.807) is 5.57 Å². The molecule has 1 aliphatic carbocycles. The summed E-state index contributed by atoms with van der Waals surface area (Å²) in [5.74, 6) is 1.36. The molecule has 0 aromatic heterocycles. The van der Waals surface area contributed by atoms with Crippen molar-refractivity contribution in [3.8, 4) is 0 Å². The molecule has 14 heavy (non-hydrogen) atoms. The summed E-state index contributed by atoms with van der Waals surface area (Å²) >= 11 is 0. The number of halogens is 2. The minimum Gasteiger partial charge on any atom is -1.00 e. The van der Waals surface area contributed by atoms with E-state index < -0.39 is 0 Å². The first-order valence-corrected chi connectivity index (χ1v) is 4.42. The van der Waals surface area contributed by atoms with Crippen LogP contribution in [0.3, 0.4) is 0 Å². The molecule has 0 saturated heterocycles. The van der Waals surface area contributed by atoms with Crippen molar-refractivity contribution in [2.24, 2.45) is 11.8 Å². The number of rotatable bonds is 2.